The topological polar surface area (TPSA) is 49.3 Å². The van der Waals surface area contributed by atoms with Crippen LogP contribution in [0, 0.1) is 5.41 Å². The summed E-state index contributed by atoms with van der Waals surface area (Å²) >= 11 is 0. The molecule has 0 aliphatic heterocycles. The predicted octanol–water partition coefficient (Wildman–Crippen LogP) is 3.62. The fourth-order valence-corrected chi connectivity index (χ4v) is 2.70. The maximum Gasteiger partial charge on any atom is 0.325 e. The van der Waals surface area contributed by atoms with Crippen LogP contribution in [0.2, 0.25) is 0 Å². The number of carbonyl (C=O) groups is 1. The molecular formula is C16H25NO2. The number of carboxylic acids is 1. The van der Waals surface area contributed by atoms with E-state index in [-0.39, 0.29) is 11.0 Å². The van der Waals surface area contributed by atoms with E-state index >= 15 is 0 Å². The molecule has 0 aromatic heterocycles. The van der Waals surface area contributed by atoms with Crippen molar-refractivity contribution in [3.63, 3.8) is 0 Å². The molecule has 0 aliphatic rings. The monoisotopic (exact) mass is 263 g/mol. The van der Waals surface area contributed by atoms with Crippen LogP contribution >= 0.6 is 0 Å². The first kappa shape index (κ1) is 15.7. The number of aliphatic carboxylic acids is 1. The van der Waals surface area contributed by atoms with Gasteiger partial charge in [-0.2, -0.15) is 0 Å². The first-order chi connectivity index (χ1) is 8.61. The first-order valence-corrected chi connectivity index (χ1v) is 6.66. The summed E-state index contributed by atoms with van der Waals surface area (Å²) in [6.07, 6.45) is 0.899. The Bertz CT molecular complexity index is 418. The molecule has 106 valence electrons. The van der Waals surface area contributed by atoms with Crippen LogP contribution in [0.3, 0.4) is 0 Å². The average molecular weight is 263 g/mol. The number of hydrogen-bond donors (Lipinski definition) is 2. The normalized spacial score (nSPS) is 14.2. The highest BCUT2D eigenvalue weighted by Crippen LogP contribution is 2.29. The van der Waals surface area contributed by atoms with E-state index in [1.807, 2.05) is 30.3 Å². The Kier molecular flexibility index (Phi) is 4.75. The Morgan fingerprint density at radius 2 is 1.68 bits per heavy atom. The highest BCUT2D eigenvalue weighted by molar-refractivity contribution is 5.75. The van der Waals surface area contributed by atoms with Gasteiger partial charge < -0.3 is 5.11 Å². The molecule has 0 aliphatic carbocycles. The molecule has 0 heterocycles. The van der Waals surface area contributed by atoms with Crippen molar-refractivity contribution in [1.29, 1.82) is 0 Å². The van der Waals surface area contributed by atoms with Crippen LogP contribution < -0.4 is 5.32 Å². The van der Waals surface area contributed by atoms with Crippen molar-refractivity contribution >= 4 is 5.97 Å². The van der Waals surface area contributed by atoms with Crippen LogP contribution in [-0.4, -0.2) is 16.6 Å². The lowest BCUT2D eigenvalue weighted by Gasteiger charge is -2.35. The summed E-state index contributed by atoms with van der Waals surface area (Å²) in [4.78, 5) is 11.5. The zero-order valence-corrected chi connectivity index (χ0v) is 12.5. The molecule has 0 radical (unpaired) electrons. The highest BCUT2D eigenvalue weighted by atomic mass is 16.4. The first-order valence-electron chi connectivity index (χ1n) is 6.66. The largest absolute Gasteiger partial charge is 0.480 e. The Morgan fingerprint density at radius 3 is 2.11 bits per heavy atom. The maximum absolute atomic E-state index is 11.5. The number of carboxylic acid groups (broad SMARTS) is 1. The summed E-state index contributed by atoms with van der Waals surface area (Å²) in [5.41, 5.74) is 0.699. The molecule has 1 aromatic rings. The van der Waals surface area contributed by atoms with Gasteiger partial charge in [-0.05, 0) is 31.2 Å². The number of benzene rings is 1. The van der Waals surface area contributed by atoms with Crippen molar-refractivity contribution in [2.24, 2.45) is 5.41 Å². The molecule has 0 saturated heterocycles. The molecule has 19 heavy (non-hydrogen) atoms. The van der Waals surface area contributed by atoms with Crippen LogP contribution in [0.5, 0.6) is 0 Å². The zero-order chi connectivity index (χ0) is 14.7. The van der Waals surface area contributed by atoms with Crippen molar-refractivity contribution in [2.45, 2.75) is 52.6 Å². The van der Waals surface area contributed by atoms with Crippen LogP contribution in [0.4, 0.5) is 0 Å². The number of nitrogens with one attached hydrogen (secondary N) is 1. The number of hydrogen-bond acceptors (Lipinski definition) is 2. The second-order valence-corrected chi connectivity index (χ2v) is 6.95. The molecule has 1 atom stereocenters. The lowest BCUT2D eigenvalue weighted by molar-refractivity contribution is -0.140. The minimum Gasteiger partial charge on any atom is -0.480 e. The average Bonchev–Trinajstić information content (AvgIpc) is 2.23. The Labute approximate surface area is 116 Å². The molecule has 0 bridgehead atoms. The van der Waals surface area contributed by atoms with E-state index in [9.17, 15) is 9.90 Å². The fraction of sp³-hybridized carbons (Fsp3) is 0.562. The van der Waals surface area contributed by atoms with E-state index in [0.717, 1.165) is 12.0 Å². The lowest BCUT2D eigenvalue weighted by atomic mass is 9.81. The maximum atomic E-state index is 11.5. The van der Waals surface area contributed by atoms with E-state index in [4.69, 9.17) is 0 Å². The van der Waals surface area contributed by atoms with Crippen molar-refractivity contribution in [2.75, 3.05) is 0 Å². The van der Waals surface area contributed by atoms with E-state index in [0.29, 0.717) is 0 Å². The second kappa shape index (κ2) is 5.74. The molecule has 0 amide bonds. The van der Waals surface area contributed by atoms with Gasteiger partial charge in [0.2, 0.25) is 0 Å². The van der Waals surface area contributed by atoms with Gasteiger partial charge in [-0.1, -0.05) is 51.1 Å². The van der Waals surface area contributed by atoms with Crippen molar-refractivity contribution in [3.8, 4) is 0 Å². The zero-order valence-electron chi connectivity index (χ0n) is 12.5. The Morgan fingerprint density at radius 1 is 1.16 bits per heavy atom. The quantitative estimate of drug-likeness (QED) is 0.853. The minimum atomic E-state index is -0.840. The van der Waals surface area contributed by atoms with E-state index in [2.05, 4.69) is 39.9 Å². The molecule has 3 heteroatoms. The molecule has 1 aromatic carbocycles. The van der Waals surface area contributed by atoms with Crippen LogP contribution in [0.1, 0.15) is 52.6 Å². The van der Waals surface area contributed by atoms with Gasteiger partial charge in [0.05, 0.1) is 0 Å². The molecule has 1 unspecified atom stereocenters. The summed E-state index contributed by atoms with van der Waals surface area (Å²) in [5.74, 6) is -0.840. The third kappa shape index (κ3) is 5.43. The Hall–Kier alpha value is -1.35. The fourth-order valence-electron chi connectivity index (χ4n) is 2.70. The highest BCUT2D eigenvalue weighted by Gasteiger charge is 2.31. The summed E-state index contributed by atoms with van der Waals surface area (Å²) < 4.78 is 0. The van der Waals surface area contributed by atoms with Crippen molar-refractivity contribution in [1.82, 2.24) is 5.32 Å². The molecular weight excluding hydrogens is 238 g/mol. The van der Waals surface area contributed by atoms with Gasteiger partial charge in [0.15, 0.2) is 0 Å². The van der Waals surface area contributed by atoms with Gasteiger partial charge in [0.1, 0.15) is 6.04 Å². The Balaban J connectivity index is 2.89. The lowest BCUT2D eigenvalue weighted by Crippen LogP contribution is -2.46. The van der Waals surface area contributed by atoms with Crippen molar-refractivity contribution in [3.05, 3.63) is 35.9 Å². The molecule has 0 saturated carbocycles. The molecule has 0 spiro atoms. The SMILES string of the molecule is CC(C)(C)CC(C)(C)NC(C(=O)O)c1ccccc1. The molecule has 3 nitrogen and oxygen atoms in total. The predicted molar refractivity (Wildman–Crippen MR) is 78.1 cm³/mol. The van der Waals surface area contributed by atoms with Gasteiger partial charge in [0, 0.05) is 5.54 Å². The van der Waals surface area contributed by atoms with E-state index in [1.165, 1.54) is 0 Å². The van der Waals surface area contributed by atoms with Crippen molar-refractivity contribution < 1.29 is 9.90 Å². The smallest absolute Gasteiger partial charge is 0.325 e. The van der Waals surface area contributed by atoms with Gasteiger partial charge in [-0.3, -0.25) is 10.1 Å². The van der Waals surface area contributed by atoms with E-state index in [1.54, 1.807) is 0 Å². The standard InChI is InChI=1S/C16H25NO2/c1-15(2,3)11-16(4,5)17-13(14(18)19)12-9-7-6-8-10-12/h6-10,13,17H,11H2,1-5H3,(H,18,19). The van der Waals surface area contributed by atoms with Gasteiger partial charge in [-0.15, -0.1) is 0 Å². The van der Waals surface area contributed by atoms with Crippen LogP contribution in [-0.2, 0) is 4.79 Å². The number of rotatable bonds is 5. The van der Waals surface area contributed by atoms with Gasteiger partial charge >= 0.3 is 5.97 Å². The molecule has 0 fully saturated rings. The third-order valence-electron chi connectivity index (χ3n) is 2.89. The summed E-state index contributed by atoms with van der Waals surface area (Å²) in [6.45, 7) is 10.6. The van der Waals surface area contributed by atoms with Crippen LogP contribution in [0.25, 0.3) is 0 Å². The summed E-state index contributed by atoms with van der Waals surface area (Å²) in [6, 6.07) is 8.65. The van der Waals surface area contributed by atoms with Crippen LogP contribution in [0.15, 0.2) is 30.3 Å². The molecule has 1 rings (SSSR count). The van der Waals surface area contributed by atoms with E-state index < -0.39 is 12.0 Å². The second-order valence-electron chi connectivity index (χ2n) is 6.95. The molecule has 2 N–H and O–H groups in total. The van der Waals surface area contributed by atoms with Gasteiger partial charge in [0.25, 0.3) is 0 Å². The minimum absolute atomic E-state index is 0.149. The third-order valence-corrected chi connectivity index (χ3v) is 2.89. The van der Waals surface area contributed by atoms with Gasteiger partial charge in [-0.25, -0.2) is 0 Å². The summed E-state index contributed by atoms with van der Waals surface area (Å²) in [5, 5.41) is 12.7. The summed E-state index contributed by atoms with van der Waals surface area (Å²) in [7, 11) is 0.